The summed E-state index contributed by atoms with van der Waals surface area (Å²) in [5, 5.41) is 3.48. The highest BCUT2D eigenvalue weighted by molar-refractivity contribution is 4.94. The summed E-state index contributed by atoms with van der Waals surface area (Å²) >= 11 is 0. The van der Waals surface area contributed by atoms with E-state index >= 15 is 0 Å². The van der Waals surface area contributed by atoms with E-state index in [9.17, 15) is 0 Å². The zero-order chi connectivity index (χ0) is 7.73. The maximum absolute atomic E-state index is 5.91. The van der Waals surface area contributed by atoms with Crippen molar-refractivity contribution in [1.29, 1.82) is 0 Å². The Morgan fingerprint density at radius 2 is 2.27 bits per heavy atom. The Morgan fingerprint density at radius 3 is 2.82 bits per heavy atom. The summed E-state index contributed by atoms with van der Waals surface area (Å²) in [7, 11) is 0. The third-order valence-corrected chi connectivity index (χ3v) is 3.30. The summed E-state index contributed by atoms with van der Waals surface area (Å²) in [5.41, 5.74) is 6.52. The molecule has 3 N–H and O–H groups in total. The van der Waals surface area contributed by atoms with Crippen LogP contribution in [0.15, 0.2) is 0 Å². The molecule has 0 aromatic rings. The number of hydrogen-bond donors (Lipinski definition) is 2. The SMILES string of the molecule is NC1CCC2(CCCNC2)C1. The summed E-state index contributed by atoms with van der Waals surface area (Å²) in [6.45, 7) is 2.44. The molecule has 0 aromatic carbocycles. The smallest absolute Gasteiger partial charge is 0.00448 e. The van der Waals surface area contributed by atoms with Gasteiger partial charge in [-0.3, -0.25) is 0 Å². The lowest BCUT2D eigenvalue weighted by Gasteiger charge is -2.33. The molecular formula is C9H18N2. The number of piperidine rings is 1. The van der Waals surface area contributed by atoms with E-state index in [4.69, 9.17) is 5.73 Å². The van der Waals surface area contributed by atoms with E-state index in [-0.39, 0.29) is 0 Å². The summed E-state index contributed by atoms with van der Waals surface area (Å²) < 4.78 is 0. The molecule has 2 aliphatic rings. The highest BCUT2D eigenvalue weighted by atomic mass is 14.9. The molecule has 0 aromatic heterocycles. The molecular weight excluding hydrogens is 136 g/mol. The van der Waals surface area contributed by atoms with Crippen LogP contribution in [0.5, 0.6) is 0 Å². The lowest BCUT2D eigenvalue weighted by Crippen LogP contribution is -2.39. The third-order valence-electron chi connectivity index (χ3n) is 3.30. The second-order valence-corrected chi connectivity index (χ2v) is 4.28. The van der Waals surface area contributed by atoms with Crippen molar-refractivity contribution >= 4 is 0 Å². The third kappa shape index (κ3) is 1.42. The van der Waals surface area contributed by atoms with Gasteiger partial charge in [0.2, 0.25) is 0 Å². The van der Waals surface area contributed by atoms with E-state index < -0.39 is 0 Å². The van der Waals surface area contributed by atoms with Crippen LogP contribution in [0.25, 0.3) is 0 Å². The normalized spacial score (nSPS) is 45.0. The maximum Gasteiger partial charge on any atom is 0.00448 e. The van der Waals surface area contributed by atoms with Crippen molar-refractivity contribution < 1.29 is 0 Å². The Morgan fingerprint density at radius 1 is 1.36 bits per heavy atom. The highest BCUT2D eigenvalue weighted by Gasteiger charge is 2.38. The van der Waals surface area contributed by atoms with E-state index in [1.54, 1.807) is 0 Å². The minimum atomic E-state index is 0.495. The number of nitrogens with two attached hydrogens (primary N) is 1. The molecule has 2 nitrogen and oxygen atoms in total. The monoisotopic (exact) mass is 154 g/mol. The van der Waals surface area contributed by atoms with Crippen LogP contribution in [0.2, 0.25) is 0 Å². The van der Waals surface area contributed by atoms with E-state index in [0.717, 1.165) is 0 Å². The molecule has 1 saturated heterocycles. The molecule has 0 radical (unpaired) electrons. The van der Waals surface area contributed by atoms with Crippen molar-refractivity contribution in [2.45, 2.75) is 38.1 Å². The van der Waals surface area contributed by atoms with Gasteiger partial charge in [-0.1, -0.05) is 0 Å². The molecule has 2 rings (SSSR count). The summed E-state index contributed by atoms with van der Waals surface area (Å²) in [5.74, 6) is 0. The van der Waals surface area contributed by atoms with Crippen LogP contribution >= 0.6 is 0 Å². The van der Waals surface area contributed by atoms with Gasteiger partial charge in [-0.15, -0.1) is 0 Å². The number of hydrogen-bond acceptors (Lipinski definition) is 2. The Bertz CT molecular complexity index is 133. The van der Waals surface area contributed by atoms with Gasteiger partial charge in [0, 0.05) is 12.6 Å². The van der Waals surface area contributed by atoms with Crippen molar-refractivity contribution in [2.24, 2.45) is 11.1 Å². The fourth-order valence-corrected chi connectivity index (χ4v) is 2.67. The van der Waals surface area contributed by atoms with E-state index in [0.29, 0.717) is 11.5 Å². The predicted octanol–water partition coefficient (Wildman–Crippen LogP) is 0.867. The van der Waals surface area contributed by atoms with Gasteiger partial charge in [-0.05, 0) is 44.1 Å². The average molecular weight is 154 g/mol. The van der Waals surface area contributed by atoms with E-state index in [1.807, 2.05) is 0 Å². The van der Waals surface area contributed by atoms with Gasteiger partial charge in [0.1, 0.15) is 0 Å². The predicted molar refractivity (Wildman–Crippen MR) is 46.4 cm³/mol. The van der Waals surface area contributed by atoms with Crippen LogP contribution in [0.1, 0.15) is 32.1 Å². The lowest BCUT2D eigenvalue weighted by atomic mass is 9.79. The largest absolute Gasteiger partial charge is 0.328 e. The minimum Gasteiger partial charge on any atom is -0.328 e. The quantitative estimate of drug-likeness (QED) is 0.543. The van der Waals surface area contributed by atoms with Crippen molar-refractivity contribution in [3.05, 3.63) is 0 Å². The van der Waals surface area contributed by atoms with Crippen LogP contribution in [0.4, 0.5) is 0 Å². The molecule has 2 fully saturated rings. The Balaban J connectivity index is 1.98. The first kappa shape index (κ1) is 7.56. The Hall–Kier alpha value is -0.0800. The number of rotatable bonds is 0. The molecule has 1 saturated carbocycles. The van der Waals surface area contributed by atoms with Gasteiger partial charge in [0.15, 0.2) is 0 Å². The minimum absolute atomic E-state index is 0.495. The zero-order valence-electron chi connectivity index (χ0n) is 7.10. The van der Waals surface area contributed by atoms with Crippen molar-refractivity contribution in [2.75, 3.05) is 13.1 Å². The second kappa shape index (κ2) is 2.76. The fourth-order valence-electron chi connectivity index (χ4n) is 2.67. The summed E-state index contributed by atoms with van der Waals surface area (Å²) in [6, 6.07) is 0.495. The molecule has 0 bridgehead atoms. The topological polar surface area (TPSA) is 38.0 Å². The summed E-state index contributed by atoms with van der Waals surface area (Å²) in [4.78, 5) is 0. The van der Waals surface area contributed by atoms with Crippen LogP contribution in [0, 0.1) is 5.41 Å². The molecule has 1 heterocycles. The first-order valence-corrected chi connectivity index (χ1v) is 4.77. The van der Waals surface area contributed by atoms with Gasteiger partial charge in [-0.2, -0.15) is 0 Å². The first-order chi connectivity index (χ1) is 5.31. The molecule has 2 heteroatoms. The van der Waals surface area contributed by atoms with Gasteiger partial charge in [0.05, 0.1) is 0 Å². The van der Waals surface area contributed by atoms with Gasteiger partial charge >= 0.3 is 0 Å². The fraction of sp³-hybridized carbons (Fsp3) is 1.00. The molecule has 2 atom stereocenters. The van der Waals surface area contributed by atoms with Crippen molar-refractivity contribution in [1.82, 2.24) is 5.32 Å². The van der Waals surface area contributed by atoms with Gasteiger partial charge < -0.3 is 11.1 Å². The zero-order valence-corrected chi connectivity index (χ0v) is 7.10. The standard InChI is InChI=1S/C9H18N2/c10-8-2-4-9(6-8)3-1-5-11-7-9/h8,11H,1-7,10H2. The molecule has 1 aliphatic carbocycles. The Kier molecular flexibility index (Phi) is 1.90. The first-order valence-electron chi connectivity index (χ1n) is 4.77. The maximum atomic E-state index is 5.91. The highest BCUT2D eigenvalue weighted by Crippen LogP contribution is 2.42. The van der Waals surface area contributed by atoms with E-state index in [2.05, 4.69) is 5.32 Å². The Labute approximate surface area is 68.5 Å². The lowest BCUT2D eigenvalue weighted by molar-refractivity contribution is 0.214. The second-order valence-electron chi connectivity index (χ2n) is 4.28. The molecule has 1 spiro atoms. The van der Waals surface area contributed by atoms with Crippen LogP contribution in [-0.2, 0) is 0 Å². The molecule has 64 valence electrons. The van der Waals surface area contributed by atoms with E-state index in [1.165, 1.54) is 45.2 Å². The number of nitrogens with one attached hydrogen (secondary N) is 1. The van der Waals surface area contributed by atoms with Crippen LogP contribution in [-0.4, -0.2) is 19.1 Å². The average Bonchev–Trinajstić information content (AvgIpc) is 2.34. The molecule has 11 heavy (non-hydrogen) atoms. The molecule has 1 aliphatic heterocycles. The molecule has 2 unspecified atom stereocenters. The van der Waals surface area contributed by atoms with Crippen LogP contribution < -0.4 is 11.1 Å². The van der Waals surface area contributed by atoms with Gasteiger partial charge in [0.25, 0.3) is 0 Å². The van der Waals surface area contributed by atoms with Gasteiger partial charge in [-0.25, -0.2) is 0 Å². The summed E-state index contributed by atoms with van der Waals surface area (Å²) in [6.07, 6.45) is 6.64. The molecule has 0 amide bonds. The van der Waals surface area contributed by atoms with Crippen molar-refractivity contribution in [3.8, 4) is 0 Å². The van der Waals surface area contributed by atoms with Crippen molar-refractivity contribution in [3.63, 3.8) is 0 Å². The van der Waals surface area contributed by atoms with Crippen LogP contribution in [0.3, 0.4) is 0 Å².